The molecule has 2 N–H and O–H groups in total. The van der Waals surface area contributed by atoms with E-state index in [1.54, 1.807) is 0 Å². The highest BCUT2D eigenvalue weighted by Gasteiger charge is 2.23. The summed E-state index contributed by atoms with van der Waals surface area (Å²) in [6, 6.07) is 8.37. The van der Waals surface area contributed by atoms with Crippen molar-refractivity contribution in [3.8, 4) is 0 Å². The first-order valence-corrected chi connectivity index (χ1v) is 9.00. The van der Waals surface area contributed by atoms with Crippen LogP contribution in [-0.4, -0.2) is 31.7 Å². The Kier molecular flexibility index (Phi) is 4.26. The van der Waals surface area contributed by atoms with Gasteiger partial charge in [0.05, 0.1) is 0 Å². The number of aromatic nitrogens is 4. The third-order valence-corrected chi connectivity index (χ3v) is 5.00. The van der Waals surface area contributed by atoms with E-state index < -0.39 is 0 Å². The fourth-order valence-corrected chi connectivity index (χ4v) is 3.65. The normalized spacial score (nSPS) is 16.8. The van der Waals surface area contributed by atoms with Crippen molar-refractivity contribution < 1.29 is 4.79 Å². The zero-order valence-electron chi connectivity index (χ0n) is 14.5. The molecule has 0 saturated heterocycles. The number of rotatable bonds is 5. The number of carbonyl (C=O) groups excluding carboxylic acids is 1. The van der Waals surface area contributed by atoms with Crippen LogP contribution in [0.1, 0.15) is 37.0 Å². The van der Waals surface area contributed by atoms with Crippen molar-refractivity contribution in [1.82, 2.24) is 25.1 Å². The zero-order valence-corrected chi connectivity index (χ0v) is 14.5. The van der Waals surface area contributed by atoms with Crippen LogP contribution in [0.5, 0.6) is 0 Å². The molecule has 0 radical (unpaired) electrons. The fraction of sp³-hybridized carbons (Fsp3) is 0.421. The molecule has 0 spiro atoms. The van der Waals surface area contributed by atoms with Gasteiger partial charge < -0.3 is 14.9 Å². The van der Waals surface area contributed by atoms with E-state index in [2.05, 4.69) is 44.1 Å². The first kappa shape index (κ1) is 15.9. The number of nitrogens with zero attached hydrogens (tertiary/aromatic N) is 3. The van der Waals surface area contributed by atoms with Gasteiger partial charge in [-0.05, 0) is 24.5 Å². The summed E-state index contributed by atoms with van der Waals surface area (Å²) in [4.78, 5) is 15.7. The number of nitrogens with one attached hydrogen (secondary N) is 2. The van der Waals surface area contributed by atoms with E-state index >= 15 is 0 Å². The Morgan fingerprint density at radius 1 is 1.36 bits per heavy atom. The van der Waals surface area contributed by atoms with Crippen molar-refractivity contribution in [3.63, 3.8) is 0 Å². The summed E-state index contributed by atoms with van der Waals surface area (Å²) in [6.45, 7) is 2.87. The molecule has 130 valence electrons. The molecule has 2 aromatic heterocycles. The molecule has 3 aromatic rings. The van der Waals surface area contributed by atoms with Crippen molar-refractivity contribution in [3.05, 3.63) is 47.7 Å². The van der Waals surface area contributed by atoms with E-state index in [1.165, 1.54) is 10.9 Å². The van der Waals surface area contributed by atoms with Crippen LogP contribution in [-0.2, 0) is 30.6 Å². The van der Waals surface area contributed by atoms with Gasteiger partial charge in [0, 0.05) is 48.9 Å². The van der Waals surface area contributed by atoms with Gasteiger partial charge in [0.1, 0.15) is 11.6 Å². The first-order valence-electron chi connectivity index (χ1n) is 9.00. The highest BCUT2D eigenvalue weighted by molar-refractivity contribution is 5.84. The lowest BCUT2D eigenvalue weighted by Gasteiger charge is -2.25. The highest BCUT2D eigenvalue weighted by Crippen LogP contribution is 2.19. The third-order valence-electron chi connectivity index (χ3n) is 5.00. The number of fused-ring (bicyclic) bond motifs is 2. The summed E-state index contributed by atoms with van der Waals surface area (Å²) >= 11 is 0. The number of aromatic amines is 1. The van der Waals surface area contributed by atoms with E-state index in [4.69, 9.17) is 0 Å². The lowest BCUT2D eigenvalue weighted by atomic mass is 10.1. The van der Waals surface area contributed by atoms with Gasteiger partial charge in [-0.3, -0.25) is 4.79 Å². The molecule has 1 aromatic carbocycles. The number of benzene rings is 1. The van der Waals surface area contributed by atoms with Crippen LogP contribution >= 0.6 is 0 Å². The number of H-pyrrole nitrogens is 1. The molecule has 1 aliphatic rings. The largest absolute Gasteiger partial charge is 0.361 e. The van der Waals surface area contributed by atoms with Crippen LogP contribution < -0.4 is 5.32 Å². The summed E-state index contributed by atoms with van der Waals surface area (Å²) in [7, 11) is 0. The van der Waals surface area contributed by atoms with E-state index in [0.717, 1.165) is 49.4 Å². The molecule has 0 fully saturated rings. The Hall–Kier alpha value is -2.63. The third kappa shape index (κ3) is 3.16. The Bertz CT molecular complexity index is 881. The van der Waals surface area contributed by atoms with E-state index in [9.17, 15) is 4.79 Å². The molecule has 1 unspecified atom stereocenters. The molecule has 1 amide bonds. The molecule has 6 nitrogen and oxygen atoms in total. The highest BCUT2D eigenvalue weighted by atomic mass is 16.1. The van der Waals surface area contributed by atoms with Crippen LogP contribution in [0.4, 0.5) is 0 Å². The van der Waals surface area contributed by atoms with Gasteiger partial charge >= 0.3 is 0 Å². The topological polar surface area (TPSA) is 75.6 Å². The molecular weight excluding hydrogens is 314 g/mol. The number of carbonyl (C=O) groups is 1. The average Bonchev–Trinajstić information content (AvgIpc) is 3.23. The molecular formula is C19H23N5O. The first-order chi connectivity index (χ1) is 12.2. The number of para-hydroxylation sites is 1. The summed E-state index contributed by atoms with van der Waals surface area (Å²) < 4.78 is 2.16. The van der Waals surface area contributed by atoms with Gasteiger partial charge in [-0.1, -0.05) is 25.1 Å². The van der Waals surface area contributed by atoms with Crippen molar-refractivity contribution in [2.75, 3.05) is 0 Å². The number of amides is 1. The van der Waals surface area contributed by atoms with Crippen molar-refractivity contribution in [1.29, 1.82) is 0 Å². The van der Waals surface area contributed by atoms with Crippen molar-refractivity contribution >= 4 is 16.8 Å². The SMILES string of the molecule is CCc1nnc2n1CC(NC(=O)CCc1c[nH]c3ccccc13)CC2. The summed E-state index contributed by atoms with van der Waals surface area (Å²) in [5, 5.41) is 12.9. The quantitative estimate of drug-likeness (QED) is 0.750. The molecule has 6 heteroatoms. The van der Waals surface area contributed by atoms with Crippen molar-refractivity contribution in [2.45, 2.75) is 51.6 Å². The zero-order chi connectivity index (χ0) is 17.2. The predicted octanol–water partition coefficient (Wildman–Crippen LogP) is 2.39. The van der Waals surface area contributed by atoms with Gasteiger partial charge in [0.25, 0.3) is 0 Å². The van der Waals surface area contributed by atoms with Crippen LogP contribution in [0.3, 0.4) is 0 Å². The van der Waals surface area contributed by atoms with Crippen LogP contribution in [0.15, 0.2) is 30.5 Å². The maximum atomic E-state index is 12.4. The van der Waals surface area contributed by atoms with Crippen molar-refractivity contribution in [2.24, 2.45) is 0 Å². The lowest BCUT2D eigenvalue weighted by molar-refractivity contribution is -0.122. The lowest BCUT2D eigenvalue weighted by Crippen LogP contribution is -2.41. The second-order valence-electron chi connectivity index (χ2n) is 6.66. The monoisotopic (exact) mass is 337 g/mol. The maximum Gasteiger partial charge on any atom is 0.220 e. The average molecular weight is 337 g/mol. The van der Waals surface area contributed by atoms with E-state index in [1.807, 2.05) is 18.3 Å². The Labute approximate surface area is 146 Å². The summed E-state index contributed by atoms with van der Waals surface area (Å²) in [5.74, 6) is 2.17. The van der Waals surface area contributed by atoms with Gasteiger partial charge in [-0.25, -0.2) is 0 Å². The van der Waals surface area contributed by atoms with Crippen LogP contribution in [0.25, 0.3) is 10.9 Å². The van der Waals surface area contributed by atoms with Crippen LogP contribution in [0.2, 0.25) is 0 Å². The van der Waals surface area contributed by atoms with Gasteiger partial charge in [0.2, 0.25) is 5.91 Å². The molecule has 0 bridgehead atoms. The molecule has 25 heavy (non-hydrogen) atoms. The minimum absolute atomic E-state index is 0.116. The standard InChI is InChI=1S/C19H23N5O/c1-2-17-22-23-18-9-8-14(12-24(17)18)21-19(25)10-7-13-11-20-16-6-4-3-5-15(13)16/h3-6,11,14,20H,2,7-10,12H2,1H3,(H,21,25). The Morgan fingerprint density at radius 2 is 2.24 bits per heavy atom. The molecule has 0 aliphatic carbocycles. The smallest absolute Gasteiger partial charge is 0.220 e. The molecule has 4 rings (SSSR count). The summed E-state index contributed by atoms with van der Waals surface area (Å²) in [5.41, 5.74) is 2.32. The molecule has 1 atom stereocenters. The Morgan fingerprint density at radius 3 is 3.12 bits per heavy atom. The summed E-state index contributed by atoms with van der Waals surface area (Å²) in [6.07, 6.45) is 5.94. The fourth-order valence-electron chi connectivity index (χ4n) is 3.65. The number of hydrogen-bond acceptors (Lipinski definition) is 3. The van der Waals surface area contributed by atoms with Crippen LogP contribution in [0, 0.1) is 0 Å². The minimum Gasteiger partial charge on any atom is -0.361 e. The minimum atomic E-state index is 0.116. The molecule has 0 saturated carbocycles. The Balaban J connectivity index is 1.35. The predicted molar refractivity (Wildman–Crippen MR) is 96.3 cm³/mol. The van der Waals surface area contributed by atoms with Gasteiger partial charge in [0.15, 0.2) is 0 Å². The molecule has 1 aliphatic heterocycles. The van der Waals surface area contributed by atoms with E-state index in [0.29, 0.717) is 6.42 Å². The number of hydrogen-bond donors (Lipinski definition) is 2. The van der Waals surface area contributed by atoms with E-state index in [-0.39, 0.29) is 11.9 Å². The van der Waals surface area contributed by atoms with Gasteiger partial charge in [-0.2, -0.15) is 0 Å². The maximum absolute atomic E-state index is 12.4. The van der Waals surface area contributed by atoms with Gasteiger partial charge in [-0.15, -0.1) is 10.2 Å². The second kappa shape index (κ2) is 6.70. The molecule has 3 heterocycles. The second-order valence-corrected chi connectivity index (χ2v) is 6.66. The number of aryl methyl sites for hydroxylation is 3.